The van der Waals surface area contributed by atoms with Gasteiger partial charge in [0.15, 0.2) is 0 Å². The van der Waals surface area contributed by atoms with E-state index in [4.69, 9.17) is 19.3 Å². The van der Waals surface area contributed by atoms with Crippen LogP contribution in [0, 0.1) is 0 Å². The van der Waals surface area contributed by atoms with Crippen LogP contribution in [-0.2, 0) is 4.74 Å². The number of hydrogen-bond donors (Lipinski definition) is 1. The summed E-state index contributed by atoms with van der Waals surface area (Å²) < 4.78 is 15.6. The predicted octanol–water partition coefficient (Wildman–Crippen LogP) is 2.85. The molecule has 20 heavy (non-hydrogen) atoms. The number of fused-ring (bicyclic) bond motifs is 1. The smallest absolute Gasteiger partial charge is 0.362 e. The lowest BCUT2D eigenvalue weighted by Crippen LogP contribution is -2.07. The van der Waals surface area contributed by atoms with Gasteiger partial charge < -0.3 is 19.3 Å². The molecule has 6 nitrogen and oxygen atoms in total. The summed E-state index contributed by atoms with van der Waals surface area (Å²) >= 11 is 0. The third-order valence-corrected chi connectivity index (χ3v) is 2.83. The minimum atomic E-state index is -0.604. The number of benzene rings is 1. The van der Waals surface area contributed by atoms with Crippen molar-refractivity contribution in [3.63, 3.8) is 0 Å². The average molecular weight is 272 g/mol. The number of esters is 1. The van der Waals surface area contributed by atoms with E-state index in [9.17, 15) is 4.79 Å². The molecule has 0 saturated heterocycles. The first kappa shape index (κ1) is 12.3. The maximum absolute atomic E-state index is 11.7. The standard InChI is InChI=1S/C14H12N2O4/c1-2-18-14(17)11-12(15)20-13(16-11)9-7-19-10-6-4-3-5-8(9)10/h3-7H,2,15H2,1H3. The number of para-hydroxylation sites is 1. The van der Waals surface area contributed by atoms with Crippen LogP contribution in [0.2, 0.25) is 0 Å². The van der Waals surface area contributed by atoms with E-state index < -0.39 is 5.97 Å². The predicted molar refractivity (Wildman–Crippen MR) is 72.1 cm³/mol. The quantitative estimate of drug-likeness (QED) is 0.737. The molecule has 1 aromatic carbocycles. The third-order valence-electron chi connectivity index (χ3n) is 2.83. The molecule has 0 unspecified atom stereocenters. The Hall–Kier alpha value is -2.76. The number of nitrogens with two attached hydrogens (primary N) is 1. The Morgan fingerprint density at radius 2 is 2.20 bits per heavy atom. The van der Waals surface area contributed by atoms with Gasteiger partial charge in [0.25, 0.3) is 0 Å². The summed E-state index contributed by atoms with van der Waals surface area (Å²) in [5.41, 5.74) is 6.99. The SMILES string of the molecule is CCOC(=O)c1nc(-c2coc3ccccc23)oc1N. The maximum atomic E-state index is 11.7. The van der Waals surface area contributed by atoms with Crippen LogP contribution in [0.5, 0.6) is 0 Å². The normalized spacial score (nSPS) is 10.8. The molecule has 0 bridgehead atoms. The van der Waals surface area contributed by atoms with Gasteiger partial charge in [0, 0.05) is 5.39 Å². The number of nitrogens with zero attached hydrogens (tertiary/aromatic N) is 1. The summed E-state index contributed by atoms with van der Waals surface area (Å²) in [6.45, 7) is 1.95. The van der Waals surface area contributed by atoms with E-state index in [1.807, 2.05) is 24.3 Å². The molecule has 2 N–H and O–H groups in total. The molecule has 0 atom stereocenters. The molecule has 3 aromatic rings. The van der Waals surface area contributed by atoms with Gasteiger partial charge in [0.05, 0.1) is 12.2 Å². The Bertz CT molecular complexity index is 772. The van der Waals surface area contributed by atoms with Gasteiger partial charge in [-0.1, -0.05) is 18.2 Å². The van der Waals surface area contributed by atoms with Gasteiger partial charge in [0.1, 0.15) is 11.8 Å². The van der Waals surface area contributed by atoms with Gasteiger partial charge in [-0.15, -0.1) is 0 Å². The molecule has 2 heterocycles. The summed E-state index contributed by atoms with van der Waals surface area (Å²) in [6, 6.07) is 7.44. The van der Waals surface area contributed by atoms with E-state index in [0.29, 0.717) is 11.1 Å². The van der Waals surface area contributed by atoms with Crippen molar-refractivity contribution in [2.45, 2.75) is 6.92 Å². The molecular weight excluding hydrogens is 260 g/mol. The minimum absolute atomic E-state index is 0.0212. The highest BCUT2D eigenvalue weighted by Gasteiger charge is 2.22. The number of furan rings is 1. The molecule has 0 aliphatic carbocycles. The fourth-order valence-electron chi connectivity index (χ4n) is 1.94. The average Bonchev–Trinajstić information content (AvgIpc) is 3.02. The van der Waals surface area contributed by atoms with Crippen LogP contribution in [-0.4, -0.2) is 17.6 Å². The largest absolute Gasteiger partial charge is 0.463 e. The van der Waals surface area contributed by atoms with Gasteiger partial charge >= 0.3 is 5.97 Å². The highest BCUT2D eigenvalue weighted by atomic mass is 16.5. The van der Waals surface area contributed by atoms with Crippen molar-refractivity contribution in [2.24, 2.45) is 0 Å². The first-order valence-electron chi connectivity index (χ1n) is 6.10. The van der Waals surface area contributed by atoms with Crippen molar-refractivity contribution in [1.82, 2.24) is 4.98 Å². The number of carbonyl (C=O) groups excluding carboxylic acids is 1. The monoisotopic (exact) mass is 272 g/mol. The zero-order chi connectivity index (χ0) is 14.1. The highest BCUT2D eigenvalue weighted by molar-refractivity contribution is 5.95. The number of rotatable bonds is 3. The molecule has 0 aliphatic rings. The van der Waals surface area contributed by atoms with Crippen LogP contribution >= 0.6 is 0 Å². The second-order valence-corrected chi connectivity index (χ2v) is 4.10. The molecule has 0 amide bonds. The second-order valence-electron chi connectivity index (χ2n) is 4.10. The van der Waals surface area contributed by atoms with Crippen molar-refractivity contribution in [1.29, 1.82) is 0 Å². The van der Waals surface area contributed by atoms with Crippen molar-refractivity contribution < 1.29 is 18.4 Å². The van der Waals surface area contributed by atoms with Crippen LogP contribution < -0.4 is 5.73 Å². The molecule has 0 fully saturated rings. The zero-order valence-electron chi connectivity index (χ0n) is 10.8. The Kier molecular flexibility index (Phi) is 2.90. The van der Waals surface area contributed by atoms with Crippen LogP contribution in [0.1, 0.15) is 17.4 Å². The van der Waals surface area contributed by atoms with E-state index in [-0.39, 0.29) is 24.1 Å². The van der Waals surface area contributed by atoms with Gasteiger partial charge in [0.2, 0.25) is 17.5 Å². The van der Waals surface area contributed by atoms with Crippen molar-refractivity contribution in [3.05, 3.63) is 36.2 Å². The lowest BCUT2D eigenvalue weighted by molar-refractivity contribution is 0.0521. The first-order chi connectivity index (χ1) is 9.70. The summed E-state index contributed by atoms with van der Waals surface area (Å²) in [5.74, 6) is -0.438. The molecular formula is C14H12N2O4. The Balaban J connectivity index is 2.07. The second kappa shape index (κ2) is 4.73. The van der Waals surface area contributed by atoms with Crippen LogP contribution in [0.15, 0.2) is 39.4 Å². The number of aromatic nitrogens is 1. The number of anilines is 1. The number of carbonyl (C=O) groups is 1. The zero-order valence-corrected chi connectivity index (χ0v) is 10.8. The van der Waals surface area contributed by atoms with Crippen LogP contribution in [0.25, 0.3) is 22.4 Å². The Morgan fingerprint density at radius 3 is 3.00 bits per heavy atom. The Morgan fingerprint density at radius 1 is 1.40 bits per heavy atom. The highest BCUT2D eigenvalue weighted by Crippen LogP contribution is 2.31. The maximum Gasteiger partial charge on any atom is 0.362 e. The number of nitrogen functional groups attached to an aromatic ring is 1. The van der Waals surface area contributed by atoms with Crippen LogP contribution in [0.3, 0.4) is 0 Å². The summed E-state index contributed by atoms with van der Waals surface area (Å²) in [7, 11) is 0. The molecule has 0 aliphatic heterocycles. The number of hydrogen-bond acceptors (Lipinski definition) is 6. The van der Waals surface area contributed by atoms with Crippen molar-refractivity contribution in [2.75, 3.05) is 12.3 Å². The third kappa shape index (κ3) is 1.91. The Labute approximate surface area is 114 Å². The van der Waals surface area contributed by atoms with E-state index in [1.165, 1.54) is 6.26 Å². The van der Waals surface area contributed by atoms with E-state index >= 15 is 0 Å². The molecule has 0 spiro atoms. The van der Waals surface area contributed by atoms with Gasteiger partial charge in [-0.05, 0) is 13.0 Å². The molecule has 3 rings (SSSR count). The van der Waals surface area contributed by atoms with E-state index in [1.54, 1.807) is 6.92 Å². The van der Waals surface area contributed by atoms with Crippen molar-refractivity contribution >= 4 is 22.8 Å². The fraction of sp³-hybridized carbons (Fsp3) is 0.143. The minimum Gasteiger partial charge on any atom is -0.463 e. The molecule has 6 heteroatoms. The molecule has 102 valence electrons. The van der Waals surface area contributed by atoms with Crippen molar-refractivity contribution in [3.8, 4) is 11.5 Å². The molecule has 0 radical (unpaired) electrons. The summed E-state index contributed by atoms with van der Waals surface area (Å²) in [5, 5.41) is 0.837. The number of ether oxygens (including phenoxy) is 1. The van der Waals surface area contributed by atoms with Crippen LogP contribution in [0.4, 0.5) is 5.88 Å². The number of oxazole rings is 1. The topological polar surface area (TPSA) is 91.5 Å². The van der Waals surface area contributed by atoms with E-state index in [0.717, 1.165) is 5.39 Å². The van der Waals surface area contributed by atoms with Gasteiger partial charge in [-0.25, -0.2) is 4.79 Å². The molecule has 0 saturated carbocycles. The van der Waals surface area contributed by atoms with Gasteiger partial charge in [-0.2, -0.15) is 4.98 Å². The van der Waals surface area contributed by atoms with Gasteiger partial charge in [-0.3, -0.25) is 0 Å². The lowest BCUT2D eigenvalue weighted by atomic mass is 10.2. The first-order valence-corrected chi connectivity index (χ1v) is 6.10. The van der Waals surface area contributed by atoms with E-state index in [2.05, 4.69) is 4.98 Å². The summed E-state index contributed by atoms with van der Waals surface area (Å²) in [6.07, 6.45) is 1.52. The molecule has 2 aromatic heterocycles. The lowest BCUT2D eigenvalue weighted by Gasteiger charge is -1.96. The summed E-state index contributed by atoms with van der Waals surface area (Å²) in [4.78, 5) is 15.8. The fourth-order valence-corrected chi connectivity index (χ4v) is 1.94.